The molecule has 0 saturated heterocycles. The largest absolute Gasteiger partial charge is 0.289 e. The maximum Gasteiger partial charge on any atom is 0.0894 e. The molecular formula is C25H22N6. The van der Waals surface area contributed by atoms with Crippen molar-refractivity contribution in [3.05, 3.63) is 96.6 Å². The second-order valence-corrected chi connectivity index (χ2v) is 6.95. The molecule has 0 aliphatic rings. The second-order valence-electron chi connectivity index (χ2n) is 6.95. The second kappa shape index (κ2) is 10.1. The molecule has 4 heterocycles. The molecule has 0 bridgehead atoms. The topological polar surface area (TPSA) is 76.3 Å². The zero-order valence-electron chi connectivity index (χ0n) is 17.2. The van der Waals surface area contributed by atoms with E-state index in [0.717, 1.165) is 34.2 Å². The lowest BCUT2D eigenvalue weighted by molar-refractivity contribution is 0.761. The van der Waals surface area contributed by atoms with Gasteiger partial charge >= 0.3 is 0 Å². The van der Waals surface area contributed by atoms with Crippen LogP contribution in [0.25, 0.3) is 22.8 Å². The maximum atomic E-state index is 4.62. The predicted molar refractivity (Wildman–Crippen MR) is 124 cm³/mol. The third-order valence-corrected chi connectivity index (χ3v) is 4.45. The number of nitrogens with zero attached hydrogens (tertiary/aromatic N) is 6. The Morgan fingerprint density at radius 1 is 0.677 bits per heavy atom. The number of rotatable bonds is 7. The first kappa shape index (κ1) is 20.2. The molecule has 31 heavy (non-hydrogen) atoms. The van der Waals surface area contributed by atoms with E-state index in [0.29, 0.717) is 6.54 Å². The maximum absolute atomic E-state index is 4.62. The zero-order chi connectivity index (χ0) is 21.3. The number of hydrogen-bond donors (Lipinski definition) is 0. The van der Waals surface area contributed by atoms with E-state index in [4.69, 9.17) is 0 Å². The van der Waals surface area contributed by atoms with Gasteiger partial charge in [-0.25, -0.2) is 9.97 Å². The summed E-state index contributed by atoms with van der Waals surface area (Å²) in [6.07, 6.45) is 7.09. The predicted octanol–water partition coefficient (Wildman–Crippen LogP) is 4.53. The monoisotopic (exact) mass is 406 g/mol. The molecule has 0 unspecified atom stereocenters. The molecule has 0 fully saturated rings. The molecule has 0 saturated carbocycles. The van der Waals surface area contributed by atoms with Crippen LogP contribution in [0, 0.1) is 0 Å². The van der Waals surface area contributed by atoms with Crippen molar-refractivity contribution in [1.29, 1.82) is 0 Å². The molecule has 0 aromatic carbocycles. The van der Waals surface area contributed by atoms with Gasteiger partial charge in [-0.2, -0.15) is 0 Å². The molecule has 152 valence electrons. The highest BCUT2D eigenvalue weighted by Crippen LogP contribution is 2.14. The number of aromatic nitrogens is 4. The lowest BCUT2D eigenvalue weighted by Gasteiger charge is -2.03. The van der Waals surface area contributed by atoms with Crippen molar-refractivity contribution >= 4 is 12.4 Å². The number of pyridine rings is 4. The zero-order valence-corrected chi connectivity index (χ0v) is 17.2. The Labute approximate surface area is 181 Å². The minimum Gasteiger partial charge on any atom is -0.289 e. The quantitative estimate of drug-likeness (QED) is 0.423. The summed E-state index contributed by atoms with van der Waals surface area (Å²) in [6.45, 7) is 2.58. The fourth-order valence-electron chi connectivity index (χ4n) is 2.91. The molecule has 6 heteroatoms. The van der Waals surface area contributed by atoms with Crippen LogP contribution in [0.3, 0.4) is 0 Å². The molecule has 0 aliphatic carbocycles. The van der Waals surface area contributed by atoms with Gasteiger partial charge in [0.05, 0.1) is 46.8 Å². The summed E-state index contributed by atoms with van der Waals surface area (Å²) in [4.78, 5) is 27.0. The van der Waals surface area contributed by atoms with E-state index in [1.54, 1.807) is 24.8 Å². The lowest BCUT2D eigenvalue weighted by atomic mass is 10.2. The van der Waals surface area contributed by atoms with Crippen molar-refractivity contribution in [2.24, 2.45) is 9.98 Å². The van der Waals surface area contributed by atoms with Crippen LogP contribution in [0.1, 0.15) is 18.3 Å². The van der Waals surface area contributed by atoms with Crippen molar-refractivity contribution in [3.63, 3.8) is 0 Å². The van der Waals surface area contributed by atoms with Crippen molar-refractivity contribution in [2.75, 3.05) is 6.54 Å². The Morgan fingerprint density at radius 3 is 1.77 bits per heavy atom. The lowest BCUT2D eigenvalue weighted by Crippen LogP contribution is -2.05. The van der Waals surface area contributed by atoms with Gasteiger partial charge in [0.25, 0.3) is 0 Å². The molecule has 4 aromatic heterocycles. The first-order chi connectivity index (χ1) is 15.3. The van der Waals surface area contributed by atoms with Crippen LogP contribution in [0.2, 0.25) is 0 Å². The summed E-state index contributed by atoms with van der Waals surface area (Å²) in [6, 6.07) is 23.2. The molecule has 0 N–H and O–H groups in total. The molecule has 4 aromatic rings. The van der Waals surface area contributed by atoms with Crippen molar-refractivity contribution in [2.45, 2.75) is 13.0 Å². The molecule has 6 nitrogen and oxygen atoms in total. The van der Waals surface area contributed by atoms with Gasteiger partial charge in [0.1, 0.15) is 0 Å². The van der Waals surface area contributed by atoms with Gasteiger partial charge in [-0.1, -0.05) is 24.3 Å². The van der Waals surface area contributed by atoms with E-state index in [-0.39, 0.29) is 6.04 Å². The minimum absolute atomic E-state index is 0.0236. The van der Waals surface area contributed by atoms with E-state index >= 15 is 0 Å². The van der Waals surface area contributed by atoms with Crippen LogP contribution in [0.5, 0.6) is 0 Å². The average molecular weight is 406 g/mol. The fraction of sp³-hybridized carbons (Fsp3) is 0.120. The van der Waals surface area contributed by atoms with Crippen molar-refractivity contribution in [1.82, 2.24) is 19.9 Å². The van der Waals surface area contributed by atoms with Gasteiger partial charge in [0.2, 0.25) is 0 Å². The summed E-state index contributed by atoms with van der Waals surface area (Å²) < 4.78 is 0. The first-order valence-electron chi connectivity index (χ1n) is 10.1. The Morgan fingerprint density at radius 2 is 1.23 bits per heavy atom. The molecule has 1 atom stereocenters. The van der Waals surface area contributed by atoms with Crippen LogP contribution >= 0.6 is 0 Å². The summed E-state index contributed by atoms with van der Waals surface area (Å²) in [5, 5.41) is 0. The first-order valence-corrected chi connectivity index (χ1v) is 10.1. The Balaban J connectivity index is 1.37. The van der Waals surface area contributed by atoms with E-state index in [1.807, 2.05) is 79.7 Å². The summed E-state index contributed by atoms with van der Waals surface area (Å²) >= 11 is 0. The molecule has 0 aliphatic heterocycles. The molecule has 0 amide bonds. The van der Waals surface area contributed by atoms with Gasteiger partial charge in [-0.15, -0.1) is 0 Å². The Hall–Kier alpha value is -4.06. The van der Waals surface area contributed by atoms with Crippen LogP contribution in [0.15, 0.2) is 95.2 Å². The van der Waals surface area contributed by atoms with Crippen LogP contribution in [-0.4, -0.2) is 45.0 Å². The van der Waals surface area contributed by atoms with E-state index in [2.05, 4.69) is 29.9 Å². The third-order valence-electron chi connectivity index (χ3n) is 4.45. The Bertz CT molecular complexity index is 1170. The third kappa shape index (κ3) is 5.73. The van der Waals surface area contributed by atoms with E-state index < -0.39 is 0 Å². The molecular weight excluding hydrogens is 384 g/mol. The van der Waals surface area contributed by atoms with Gasteiger partial charge < -0.3 is 0 Å². The van der Waals surface area contributed by atoms with Gasteiger partial charge in [-0.05, 0) is 55.5 Å². The van der Waals surface area contributed by atoms with Crippen LogP contribution in [-0.2, 0) is 0 Å². The normalized spacial score (nSPS) is 12.4. The summed E-state index contributed by atoms with van der Waals surface area (Å²) in [7, 11) is 0. The van der Waals surface area contributed by atoms with Gasteiger partial charge in [0, 0.05) is 24.8 Å². The smallest absolute Gasteiger partial charge is 0.0894 e. The van der Waals surface area contributed by atoms with E-state index in [1.165, 1.54) is 0 Å². The highest BCUT2D eigenvalue weighted by molar-refractivity contribution is 5.79. The van der Waals surface area contributed by atoms with Crippen molar-refractivity contribution < 1.29 is 0 Å². The number of hydrogen-bond acceptors (Lipinski definition) is 6. The van der Waals surface area contributed by atoms with Crippen LogP contribution in [0.4, 0.5) is 0 Å². The number of aliphatic imine (C=N–C) groups is 2. The Kier molecular flexibility index (Phi) is 6.60. The SMILES string of the molecule is C[C@H](CN=Cc1cccc(-c2ccccn2)n1)N=Cc1cccc(-c2ccccn2)n1. The molecule has 0 spiro atoms. The summed E-state index contributed by atoms with van der Waals surface area (Å²) in [5.41, 5.74) is 4.93. The van der Waals surface area contributed by atoms with Crippen molar-refractivity contribution in [3.8, 4) is 22.8 Å². The molecule has 0 radical (unpaired) electrons. The van der Waals surface area contributed by atoms with Crippen LogP contribution < -0.4 is 0 Å². The van der Waals surface area contributed by atoms with Gasteiger partial charge in [-0.3, -0.25) is 20.0 Å². The van der Waals surface area contributed by atoms with Gasteiger partial charge in [0.15, 0.2) is 0 Å². The highest BCUT2D eigenvalue weighted by Gasteiger charge is 2.02. The average Bonchev–Trinajstić information content (AvgIpc) is 2.84. The summed E-state index contributed by atoms with van der Waals surface area (Å²) in [5.74, 6) is 0. The van der Waals surface area contributed by atoms with E-state index in [9.17, 15) is 0 Å². The minimum atomic E-state index is 0.0236. The molecule has 4 rings (SSSR count). The standard InChI is InChI=1S/C25H22N6/c1-19(29-18-21-9-7-13-25(31-21)23-11-3-5-15-28-23)16-26-17-20-8-6-12-24(30-20)22-10-2-4-14-27-22/h2-15,17-19H,16H2,1H3/t19-/m1/s1. The highest BCUT2D eigenvalue weighted by atomic mass is 14.9. The fourth-order valence-corrected chi connectivity index (χ4v) is 2.91.